The molecule has 3 rings (SSSR count). The number of hydrogen-bond acceptors (Lipinski definition) is 2. The number of carboxylic acid groups (broad SMARTS) is 1. The lowest BCUT2D eigenvalue weighted by Crippen LogP contribution is -2.48. The molecule has 0 saturated carbocycles. The van der Waals surface area contributed by atoms with E-state index in [1.165, 1.54) is 17.5 Å². The number of piperidine rings is 1. The molecule has 21 heavy (non-hydrogen) atoms. The Kier molecular flexibility index (Phi) is 3.95. The van der Waals surface area contributed by atoms with Gasteiger partial charge in [-0.1, -0.05) is 18.2 Å². The fraction of sp³-hybridized carbons (Fsp3) is 0.529. The molecule has 1 heterocycles. The maximum atomic E-state index is 12.4. The summed E-state index contributed by atoms with van der Waals surface area (Å²) in [5, 5.41) is 9.26. The Morgan fingerprint density at radius 2 is 1.95 bits per heavy atom. The molecular formula is C17H21NO3. The fourth-order valence-electron chi connectivity index (χ4n) is 3.50. The van der Waals surface area contributed by atoms with Crippen LogP contribution in [0.3, 0.4) is 0 Å². The van der Waals surface area contributed by atoms with Gasteiger partial charge in [0.05, 0.1) is 6.42 Å². The van der Waals surface area contributed by atoms with Crippen molar-refractivity contribution in [3.8, 4) is 0 Å². The summed E-state index contributed by atoms with van der Waals surface area (Å²) in [6, 6.07) is 5.62. The Morgan fingerprint density at radius 1 is 1.14 bits per heavy atom. The van der Waals surface area contributed by atoms with Crippen molar-refractivity contribution in [3.63, 3.8) is 0 Å². The molecule has 4 nitrogen and oxygen atoms in total. The van der Waals surface area contributed by atoms with Gasteiger partial charge in [-0.2, -0.15) is 0 Å². The highest BCUT2D eigenvalue weighted by molar-refractivity contribution is 5.85. The predicted molar refractivity (Wildman–Crippen MR) is 79.2 cm³/mol. The van der Waals surface area contributed by atoms with Gasteiger partial charge in [-0.3, -0.25) is 4.79 Å². The number of aliphatic carboxylic acids is 1. The summed E-state index contributed by atoms with van der Waals surface area (Å²) in [5.41, 5.74) is 3.76. The van der Waals surface area contributed by atoms with E-state index in [1.807, 2.05) is 6.07 Å². The molecule has 112 valence electrons. The number of carboxylic acids is 1. The minimum Gasteiger partial charge on any atom is -0.480 e. The van der Waals surface area contributed by atoms with Crippen LogP contribution in [0.2, 0.25) is 0 Å². The highest BCUT2D eigenvalue weighted by Gasteiger charge is 2.31. The summed E-state index contributed by atoms with van der Waals surface area (Å²) in [5.74, 6) is -0.933. The zero-order valence-electron chi connectivity index (χ0n) is 12.2. The number of aryl methyl sites for hydroxylation is 2. The highest BCUT2D eigenvalue weighted by Crippen LogP contribution is 2.24. The average Bonchev–Trinajstić information content (AvgIpc) is 2.94. The van der Waals surface area contributed by atoms with Crippen molar-refractivity contribution in [2.75, 3.05) is 6.54 Å². The van der Waals surface area contributed by atoms with Crippen molar-refractivity contribution in [1.82, 2.24) is 4.90 Å². The van der Waals surface area contributed by atoms with Gasteiger partial charge in [0.15, 0.2) is 0 Å². The molecule has 2 aliphatic rings. The van der Waals surface area contributed by atoms with Crippen LogP contribution in [0.4, 0.5) is 0 Å². The van der Waals surface area contributed by atoms with E-state index in [9.17, 15) is 14.7 Å². The lowest BCUT2D eigenvalue weighted by atomic mass is 9.99. The Hall–Kier alpha value is -1.84. The zero-order chi connectivity index (χ0) is 14.8. The van der Waals surface area contributed by atoms with E-state index in [1.54, 1.807) is 4.90 Å². The zero-order valence-corrected chi connectivity index (χ0v) is 12.2. The number of amides is 1. The molecule has 0 bridgehead atoms. The van der Waals surface area contributed by atoms with Gasteiger partial charge in [-0.15, -0.1) is 0 Å². The first-order valence-electron chi connectivity index (χ1n) is 7.78. The molecule has 1 aromatic carbocycles. The molecule has 0 spiro atoms. The van der Waals surface area contributed by atoms with Gasteiger partial charge in [0, 0.05) is 6.54 Å². The van der Waals surface area contributed by atoms with Gasteiger partial charge in [0.25, 0.3) is 0 Å². The van der Waals surface area contributed by atoms with Crippen molar-refractivity contribution < 1.29 is 14.7 Å². The summed E-state index contributed by atoms with van der Waals surface area (Å²) in [6.45, 7) is 0.570. The summed E-state index contributed by atoms with van der Waals surface area (Å²) < 4.78 is 0. The normalized spacial score (nSPS) is 21.1. The van der Waals surface area contributed by atoms with E-state index < -0.39 is 12.0 Å². The molecule has 1 atom stereocenters. The third kappa shape index (κ3) is 2.94. The molecule has 0 unspecified atom stereocenters. The van der Waals surface area contributed by atoms with Gasteiger partial charge in [-0.05, 0) is 55.2 Å². The topological polar surface area (TPSA) is 57.6 Å². The van der Waals surface area contributed by atoms with Gasteiger partial charge >= 0.3 is 5.97 Å². The predicted octanol–water partition coefficient (Wildman–Crippen LogP) is 2.18. The lowest BCUT2D eigenvalue weighted by Gasteiger charge is -2.33. The van der Waals surface area contributed by atoms with E-state index >= 15 is 0 Å². The fourth-order valence-corrected chi connectivity index (χ4v) is 3.50. The van der Waals surface area contributed by atoms with Crippen molar-refractivity contribution in [3.05, 3.63) is 34.9 Å². The van der Waals surface area contributed by atoms with Gasteiger partial charge in [0.2, 0.25) is 5.91 Å². The van der Waals surface area contributed by atoms with E-state index in [2.05, 4.69) is 12.1 Å². The van der Waals surface area contributed by atoms with Crippen LogP contribution in [0, 0.1) is 0 Å². The Bertz CT molecular complexity index is 567. The van der Waals surface area contributed by atoms with Gasteiger partial charge < -0.3 is 10.0 Å². The third-order valence-electron chi connectivity index (χ3n) is 4.63. The van der Waals surface area contributed by atoms with Crippen LogP contribution < -0.4 is 0 Å². The standard InChI is InChI=1S/C17H21NO3/c19-16(18-9-2-1-6-15(18)17(20)21)11-12-7-8-13-4-3-5-14(13)10-12/h7-8,10,15H,1-6,9,11H2,(H,20,21)/t15-/m1/s1. The Balaban J connectivity index is 1.71. The summed E-state index contributed by atoms with van der Waals surface area (Å²) in [7, 11) is 0. The number of fused-ring (bicyclic) bond motifs is 1. The molecule has 1 fully saturated rings. The van der Waals surface area contributed by atoms with E-state index in [4.69, 9.17) is 0 Å². The SMILES string of the molecule is O=C(O)[C@H]1CCCCN1C(=O)Cc1ccc2c(c1)CCC2. The molecule has 1 aromatic rings. The average molecular weight is 287 g/mol. The first-order chi connectivity index (χ1) is 10.1. The number of likely N-dealkylation sites (tertiary alicyclic amines) is 1. The quantitative estimate of drug-likeness (QED) is 0.927. The first-order valence-corrected chi connectivity index (χ1v) is 7.78. The summed E-state index contributed by atoms with van der Waals surface area (Å²) >= 11 is 0. The third-order valence-corrected chi connectivity index (χ3v) is 4.63. The molecule has 0 radical (unpaired) electrons. The maximum Gasteiger partial charge on any atom is 0.326 e. The molecule has 0 aromatic heterocycles. The molecule has 1 N–H and O–H groups in total. The second kappa shape index (κ2) is 5.88. The summed E-state index contributed by atoms with van der Waals surface area (Å²) in [4.78, 5) is 25.3. The van der Waals surface area contributed by atoms with E-state index in [0.29, 0.717) is 19.4 Å². The minimum absolute atomic E-state index is 0.0555. The number of nitrogens with zero attached hydrogens (tertiary/aromatic N) is 1. The number of carbonyl (C=O) groups excluding carboxylic acids is 1. The number of hydrogen-bond donors (Lipinski definition) is 1. The molecular weight excluding hydrogens is 266 g/mol. The highest BCUT2D eigenvalue weighted by atomic mass is 16.4. The number of benzene rings is 1. The van der Waals surface area contributed by atoms with Crippen LogP contribution in [-0.4, -0.2) is 34.5 Å². The van der Waals surface area contributed by atoms with Crippen molar-refractivity contribution in [1.29, 1.82) is 0 Å². The van der Waals surface area contributed by atoms with Gasteiger partial charge in [-0.25, -0.2) is 4.79 Å². The van der Waals surface area contributed by atoms with Crippen LogP contribution in [-0.2, 0) is 28.9 Å². The maximum absolute atomic E-state index is 12.4. The minimum atomic E-state index is -0.878. The van der Waals surface area contributed by atoms with Crippen LogP contribution in [0.15, 0.2) is 18.2 Å². The smallest absolute Gasteiger partial charge is 0.326 e. The summed E-state index contributed by atoms with van der Waals surface area (Å²) in [6.07, 6.45) is 6.11. The Labute approximate surface area is 124 Å². The van der Waals surface area contributed by atoms with Crippen molar-refractivity contribution in [2.45, 2.75) is 51.0 Å². The molecule has 1 saturated heterocycles. The van der Waals surface area contributed by atoms with Crippen LogP contribution >= 0.6 is 0 Å². The van der Waals surface area contributed by atoms with E-state index in [0.717, 1.165) is 31.2 Å². The first kappa shape index (κ1) is 14.1. The van der Waals surface area contributed by atoms with Gasteiger partial charge in [0.1, 0.15) is 6.04 Å². The van der Waals surface area contributed by atoms with Crippen molar-refractivity contribution in [2.24, 2.45) is 0 Å². The molecule has 4 heteroatoms. The second-order valence-corrected chi connectivity index (χ2v) is 6.07. The van der Waals surface area contributed by atoms with Crippen LogP contribution in [0.5, 0.6) is 0 Å². The number of rotatable bonds is 3. The van der Waals surface area contributed by atoms with Crippen molar-refractivity contribution >= 4 is 11.9 Å². The van der Waals surface area contributed by atoms with Crippen LogP contribution in [0.25, 0.3) is 0 Å². The second-order valence-electron chi connectivity index (χ2n) is 6.07. The lowest BCUT2D eigenvalue weighted by molar-refractivity contribution is -0.151. The van der Waals surface area contributed by atoms with E-state index in [-0.39, 0.29) is 5.91 Å². The molecule has 1 amide bonds. The number of carbonyl (C=O) groups is 2. The monoisotopic (exact) mass is 287 g/mol. The Morgan fingerprint density at radius 3 is 2.76 bits per heavy atom. The van der Waals surface area contributed by atoms with Crippen LogP contribution in [0.1, 0.15) is 42.4 Å². The largest absolute Gasteiger partial charge is 0.480 e. The molecule has 1 aliphatic heterocycles. The molecule has 1 aliphatic carbocycles.